The van der Waals surface area contributed by atoms with Crippen LogP contribution in [0.2, 0.25) is 0 Å². The highest BCUT2D eigenvalue weighted by Crippen LogP contribution is 2.30. The Labute approximate surface area is 249 Å². The molecule has 216 valence electrons. The van der Waals surface area contributed by atoms with Gasteiger partial charge in [-0.05, 0) is 78.7 Å². The van der Waals surface area contributed by atoms with E-state index in [2.05, 4.69) is 27.2 Å². The van der Waals surface area contributed by atoms with Crippen molar-refractivity contribution in [3.63, 3.8) is 0 Å². The minimum Gasteiger partial charge on any atom is -0.337 e. The molecule has 2 amide bonds. The highest BCUT2D eigenvalue weighted by molar-refractivity contribution is 7.90. The fourth-order valence-electron chi connectivity index (χ4n) is 4.41. The third-order valence-corrected chi connectivity index (χ3v) is 8.18. The Hall–Kier alpha value is -5.27. The molecule has 2 aromatic heterocycles. The van der Waals surface area contributed by atoms with Gasteiger partial charge in [0, 0.05) is 43.3 Å². The van der Waals surface area contributed by atoms with Gasteiger partial charge in [-0.25, -0.2) is 17.6 Å². The number of urea groups is 1. The largest absolute Gasteiger partial charge is 0.337 e. The van der Waals surface area contributed by atoms with Crippen molar-refractivity contribution < 1.29 is 17.6 Å². The Kier molecular flexibility index (Phi) is 8.93. The molecule has 2 heterocycles. The summed E-state index contributed by atoms with van der Waals surface area (Å²) < 4.78 is 42.2. The third-order valence-electron chi connectivity index (χ3n) is 6.48. The smallest absolute Gasteiger partial charge is 0.326 e. The lowest BCUT2D eigenvalue weighted by Crippen LogP contribution is -2.38. The fourth-order valence-corrected chi connectivity index (χ4v) is 5.83. The van der Waals surface area contributed by atoms with Crippen LogP contribution in [0.5, 0.6) is 0 Å². The lowest BCUT2D eigenvalue weighted by atomic mass is 10.1. The normalized spacial score (nSPS) is 10.9. The maximum Gasteiger partial charge on any atom is 0.326 e. The molecule has 0 unspecified atom stereocenters. The number of benzene rings is 3. The maximum absolute atomic E-state index is 13.6. The molecule has 10 heteroatoms. The van der Waals surface area contributed by atoms with E-state index in [0.29, 0.717) is 35.6 Å². The number of hydrogen-bond donors (Lipinski definition) is 1. The molecule has 0 spiro atoms. The van der Waals surface area contributed by atoms with Crippen LogP contribution in [-0.2, 0) is 29.1 Å². The zero-order valence-electron chi connectivity index (χ0n) is 23.3. The van der Waals surface area contributed by atoms with E-state index < -0.39 is 21.7 Å². The van der Waals surface area contributed by atoms with Crippen molar-refractivity contribution in [1.82, 2.24) is 20.1 Å². The Morgan fingerprint density at radius 2 is 1.74 bits per heavy atom. The number of hydrogen-bond acceptors (Lipinski definition) is 5. The number of carbonyl (C=O) groups is 1. The van der Waals surface area contributed by atoms with Crippen molar-refractivity contribution in [2.75, 3.05) is 11.4 Å². The minimum absolute atomic E-state index is 0.00140. The van der Waals surface area contributed by atoms with Crippen LogP contribution in [0.1, 0.15) is 22.4 Å². The highest BCUT2D eigenvalue weighted by Gasteiger charge is 2.24. The number of carbonyl (C=O) groups excluding carboxylic acids is 1. The molecule has 0 saturated carbocycles. The number of aromatic nitrogens is 3. The van der Waals surface area contributed by atoms with E-state index in [1.165, 1.54) is 39.9 Å². The van der Waals surface area contributed by atoms with Crippen molar-refractivity contribution in [2.24, 2.45) is 7.05 Å². The van der Waals surface area contributed by atoms with E-state index in [4.69, 9.17) is 0 Å². The predicted molar refractivity (Wildman–Crippen MR) is 163 cm³/mol. The van der Waals surface area contributed by atoms with Crippen molar-refractivity contribution in [1.29, 1.82) is 0 Å². The van der Waals surface area contributed by atoms with Crippen LogP contribution < -0.4 is 10.2 Å². The summed E-state index contributed by atoms with van der Waals surface area (Å²) in [6.45, 7) is 0.363. The molecule has 0 aliphatic carbocycles. The van der Waals surface area contributed by atoms with Crippen molar-refractivity contribution in [3.05, 3.63) is 138 Å². The maximum atomic E-state index is 13.6. The SMILES string of the molecule is Cn1ccc(CS(=O)(=O)c2ccc(N(C(=O)NCCc3cccnc3)c3ccccc3)cc2C#Cc2ccc(F)cc2)n1. The molecule has 0 saturated heterocycles. The second-order valence-electron chi connectivity index (χ2n) is 9.69. The van der Waals surface area contributed by atoms with E-state index in [0.717, 1.165) is 5.56 Å². The summed E-state index contributed by atoms with van der Waals surface area (Å²) in [6, 6.07) is 24.3. The summed E-state index contributed by atoms with van der Waals surface area (Å²) in [5.74, 6) is 5.16. The number of sulfone groups is 1. The van der Waals surface area contributed by atoms with Gasteiger partial charge < -0.3 is 5.32 Å². The number of nitrogens with zero attached hydrogens (tertiary/aromatic N) is 4. The summed E-state index contributed by atoms with van der Waals surface area (Å²) in [6.07, 6.45) is 5.70. The van der Waals surface area contributed by atoms with E-state index in [1.54, 1.807) is 56.0 Å². The number of nitrogens with one attached hydrogen (secondary N) is 1. The minimum atomic E-state index is -3.88. The van der Waals surface area contributed by atoms with Gasteiger partial charge in [0.25, 0.3) is 0 Å². The number of amides is 2. The second-order valence-corrected chi connectivity index (χ2v) is 11.6. The lowest BCUT2D eigenvalue weighted by molar-refractivity contribution is 0.248. The number of pyridine rings is 1. The van der Waals surface area contributed by atoms with Gasteiger partial charge in [0.2, 0.25) is 0 Å². The summed E-state index contributed by atoms with van der Waals surface area (Å²) in [4.78, 5) is 19.2. The van der Waals surface area contributed by atoms with Crippen LogP contribution in [0.25, 0.3) is 0 Å². The van der Waals surface area contributed by atoms with Crippen LogP contribution in [0.3, 0.4) is 0 Å². The van der Waals surface area contributed by atoms with E-state index >= 15 is 0 Å². The number of anilines is 2. The average molecular weight is 594 g/mol. The monoisotopic (exact) mass is 593 g/mol. The molecule has 3 aromatic carbocycles. The first-order valence-corrected chi connectivity index (χ1v) is 15.1. The van der Waals surface area contributed by atoms with Gasteiger partial charge >= 0.3 is 6.03 Å². The van der Waals surface area contributed by atoms with E-state index in [-0.39, 0.29) is 16.2 Å². The second kappa shape index (κ2) is 13.1. The Balaban J connectivity index is 1.53. The van der Waals surface area contributed by atoms with Gasteiger partial charge in [0.15, 0.2) is 9.84 Å². The fraction of sp³-hybridized carbons (Fsp3) is 0.121. The van der Waals surface area contributed by atoms with Gasteiger partial charge in [0.1, 0.15) is 5.82 Å². The van der Waals surface area contributed by atoms with Gasteiger partial charge in [-0.15, -0.1) is 0 Å². The zero-order valence-corrected chi connectivity index (χ0v) is 24.1. The van der Waals surface area contributed by atoms with Crippen molar-refractivity contribution in [2.45, 2.75) is 17.1 Å². The molecule has 0 aliphatic heterocycles. The molecule has 0 bridgehead atoms. The number of para-hydroxylation sites is 1. The van der Waals surface area contributed by atoms with Crippen LogP contribution in [0.15, 0.2) is 114 Å². The first-order chi connectivity index (χ1) is 20.8. The summed E-state index contributed by atoms with van der Waals surface area (Å²) >= 11 is 0. The molecule has 0 fully saturated rings. The van der Waals surface area contributed by atoms with E-state index in [9.17, 15) is 17.6 Å². The Morgan fingerprint density at radius 1 is 0.953 bits per heavy atom. The average Bonchev–Trinajstić information content (AvgIpc) is 3.41. The molecule has 8 nitrogen and oxygen atoms in total. The lowest BCUT2D eigenvalue weighted by Gasteiger charge is -2.24. The van der Waals surface area contributed by atoms with Gasteiger partial charge in [-0.2, -0.15) is 5.10 Å². The molecular weight excluding hydrogens is 565 g/mol. The van der Waals surface area contributed by atoms with Crippen molar-refractivity contribution in [3.8, 4) is 11.8 Å². The molecule has 43 heavy (non-hydrogen) atoms. The summed E-state index contributed by atoms with van der Waals surface area (Å²) in [5.41, 5.74) is 3.08. The first-order valence-electron chi connectivity index (χ1n) is 13.4. The summed E-state index contributed by atoms with van der Waals surface area (Å²) in [5, 5.41) is 7.16. The molecule has 0 atom stereocenters. The third kappa shape index (κ3) is 7.52. The molecule has 0 aliphatic rings. The number of rotatable bonds is 8. The Bertz CT molecular complexity index is 1880. The quantitative estimate of drug-likeness (QED) is 0.243. The number of aryl methyl sites for hydroxylation is 1. The van der Waals surface area contributed by atoms with Crippen LogP contribution in [0.4, 0.5) is 20.6 Å². The van der Waals surface area contributed by atoms with Gasteiger partial charge in [0.05, 0.1) is 27.7 Å². The van der Waals surface area contributed by atoms with Crippen LogP contribution >= 0.6 is 0 Å². The highest BCUT2D eigenvalue weighted by atomic mass is 32.2. The van der Waals surface area contributed by atoms with Crippen LogP contribution in [0, 0.1) is 17.7 Å². The first kappa shape index (κ1) is 29.2. The molecule has 1 N–H and O–H groups in total. The Morgan fingerprint density at radius 3 is 2.44 bits per heavy atom. The predicted octanol–water partition coefficient (Wildman–Crippen LogP) is 5.42. The van der Waals surface area contributed by atoms with Crippen LogP contribution in [-0.4, -0.2) is 35.8 Å². The van der Waals surface area contributed by atoms with Gasteiger partial charge in [-0.3, -0.25) is 14.6 Å². The molecule has 5 rings (SSSR count). The molecule has 0 radical (unpaired) electrons. The zero-order chi connectivity index (χ0) is 30.2. The topological polar surface area (TPSA) is 97.2 Å². The van der Waals surface area contributed by atoms with E-state index in [1.807, 2.05) is 30.3 Å². The molecular formula is C33H28FN5O3S. The molecule has 5 aromatic rings. The summed E-state index contributed by atoms with van der Waals surface area (Å²) in [7, 11) is -2.16. The van der Waals surface area contributed by atoms with Crippen molar-refractivity contribution >= 4 is 27.2 Å². The standard InChI is InChI=1S/C33H28FN5O3S/c1-38-21-18-29(37-38)24-43(41,42)32-16-15-31(22-27(32)12-9-25-10-13-28(34)14-11-25)39(30-7-3-2-4-8-30)33(40)36-20-17-26-6-5-19-35-23-26/h2-8,10-11,13-16,18-19,21-23H,17,20,24H2,1H3,(H,36,40). The number of halogens is 1. The van der Waals surface area contributed by atoms with Gasteiger partial charge in [-0.1, -0.05) is 36.1 Å².